The minimum atomic E-state index is -0.938. The Hall–Kier alpha value is -4.13. The highest BCUT2D eigenvalue weighted by molar-refractivity contribution is 5.92. The zero-order valence-corrected chi connectivity index (χ0v) is 23.4. The maximum Gasteiger partial charge on any atom is 0.408 e. The summed E-state index contributed by atoms with van der Waals surface area (Å²) < 4.78 is 5.44. The van der Waals surface area contributed by atoms with Crippen LogP contribution < -0.4 is 10.6 Å². The summed E-state index contributed by atoms with van der Waals surface area (Å²) in [5.74, 6) is -0.709. The number of ether oxygens (including phenoxy) is 1. The van der Waals surface area contributed by atoms with Crippen LogP contribution in [0.5, 0.6) is 0 Å². The molecule has 0 bridgehead atoms. The smallest absolute Gasteiger partial charge is 0.408 e. The normalized spacial score (nSPS) is 12.6. The van der Waals surface area contributed by atoms with E-state index in [2.05, 4.69) is 17.6 Å². The van der Waals surface area contributed by atoms with Gasteiger partial charge < -0.3 is 20.3 Å². The molecule has 0 radical (unpaired) electrons. The Kier molecular flexibility index (Phi) is 10.3. The Morgan fingerprint density at radius 1 is 0.821 bits per heavy atom. The molecule has 3 amide bonds. The van der Waals surface area contributed by atoms with Crippen LogP contribution >= 0.6 is 0 Å². The van der Waals surface area contributed by atoms with Gasteiger partial charge in [-0.15, -0.1) is 0 Å². The third-order valence-corrected chi connectivity index (χ3v) is 6.27. The standard InChI is InChI=1S/C32H39N3O4/c1-6-23-17-19-26(20-18-23)28(29(36)33-22-25-15-11-8-12-16-25)35(5)30(37)27(21-24-13-9-7-10-14-24)34-31(38)39-32(2,3)4/h7-20,27-28H,6,21-22H2,1-5H3,(H,33,36)(H,34,38). The lowest BCUT2D eigenvalue weighted by Gasteiger charge is -2.32. The first-order chi connectivity index (χ1) is 18.6. The topological polar surface area (TPSA) is 87.7 Å². The van der Waals surface area contributed by atoms with Crippen LogP contribution in [0, 0.1) is 0 Å². The van der Waals surface area contributed by atoms with Crippen LogP contribution in [0.2, 0.25) is 0 Å². The van der Waals surface area contributed by atoms with Crippen molar-refractivity contribution < 1.29 is 19.1 Å². The SMILES string of the molecule is CCc1ccc(C(C(=O)NCc2ccccc2)N(C)C(=O)C(Cc2ccccc2)NC(=O)OC(C)(C)C)cc1. The van der Waals surface area contributed by atoms with E-state index in [1.54, 1.807) is 27.8 Å². The fraction of sp³-hybridized carbons (Fsp3) is 0.344. The van der Waals surface area contributed by atoms with Crippen molar-refractivity contribution in [1.82, 2.24) is 15.5 Å². The fourth-order valence-corrected chi connectivity index (χ4v) is 4.24. The number of benzene rings is 3. The molecule has 0 fully saturated rings. The molecule has 0 aromatic heterocycles. The highest BCUT2D eigenvalue weighted by Gasteiger charge is 2.34. The highest BCUT2D eigenvalue weighted by atomic mass is 16.6. The van der Waals surface area contributed by atoms with E-state index in [1.165, 1.54) is 4.90 Å². The summed E-state index contributed by atoms with van der Waals surface area (Å²) in [5, 5.41) is 5.72. The van der Waals surface area contributed by atoms with E-state index in [9.17, 15) is 14.4 Å². The van der Waals surface area contributed by atoms with Crippen LogP contribution in [0.4, 0.5) is 4.79 Å². The number of carbonyl (C=O) groups excluding carboxylic acids is 3. The molecule has 7 nitrogen and oxygen atoms in total. The number of nitrogens with one attached hydrogen (secondary N) is 2. The van der Waals surface area contributed by atoms with E-state index in [0.717, 1.165) is 23.1 Å². The van der Waals surface area contributed by atoms with Crippen molar-refractivity contribution in [3.05, 3.63) is 107 Å². The van der Waals surface area contributed by atoms with Crippen molar-refractivity contribution in [2.45, 2.75) is 64.8 Å². The number of aryl methyl sites for hydroxylation is 1. The first-order valence-electron chi connectivity index (χ1n) is 13.3. The average molecular weight is 530 g/mol. The molecule has 2 unspecified atom stereocenters. The van der Waals surface area contributed by atoms with E-state index in [4.69, 9.17) is 4.74 Å². The molecule has 39 heavy (non-hydrogen) atoms. The zero-order chi connectivity index (χ0) is 28.4. The van der Waals surface area contributed by atoms with E-state index >= 15 is 0 Å². The molecule has 3 aromatic carbocycles. The molecule has 2 atom stereocenters. The van der Waals surface area contributed by atoms with Crippen molar-refractivity contribution in [3.8, 4) is 0 Å². The fourth-order valence-electron chi connectivity index (χ4n) is 4.24. The van der Waals surface area contributed by atoms with Gasteiger partial charge in [-0.05, 0) is 49.4 Å². The summed E-state index contributed by atoms with van der Waals surface area (Å²) in [6.45, 7) is 7.68. The van der Waals surface area contributed by atoms with Crippen molar-refractivity contribution in [3.63, 3.8) is 0 Å². The van der Waals surface area contributed by atoms with Crippen LogP contribution in [-0.2, 0) is 33.7 Å². The number of alkyl carbamates (subject to hydrolysis) is 1. The average Bonchev–Trinajstić information content (AvgIpc) is 2.91. The Morgan fingerprint density at radius 3 is 1.92 bits per heavy atom. The molecule has 0 saturated heterocycles. The van der Waals surface area contributed by atoms with Gasteiger partial charge in [-0.25, -0.2) is 4.79 Å². The number of rotatable bonds is 10. The van der Waals surface area contributed by atoms with E-state index in [0.29, 0.717) is 12.1 Å². The Morgan fingerprint density at radius 2 is 1.38 bits per heavy atom. The van der Waals surface area contributed by atoms with Crippen molar-refractivity contribution in [2.75, 3.05) is 7.05 Å². The molecule has 7 heteroatoms. The third-order valence-electron chi connectivity index (χ3n) is 6.27. The molecular weight excluding hydrogens is 490 g/mol. The van der Waals surface area contributed by atoms with Crippen molar-refractivity contribution >= 4 is 17.9 Å². The first-order valence-corrected chi connectivity index (χ1v) is 13.3. The summed E-state index contributed by atoms with van der Waals surface area (Å²) in [5.41, 5.74) is 2.91. The molecule has 2 N–H and O–H groups in total. The summed E-state index contributed by atoms with van der Waals surface area (Å²) in [6.07, 6.45) is 0.414. The van der Waals surface area contributed by atoms with Crippen LogP contribution in [-0.4, -0.2) is 41.5 Å². The number of hydrogen-bond donors (Lipinski definition) is 2. The van der Waals surface area contributed by atoms with Gasteiger partial charge in [0.15, 0.2) is 0 Å². The quantitative estimate of drug-likeness (QED) is 0.378. The van der Waals surface area contributed by atoms with Crippen LogP contribution in [0.1, 0.15) is 56.0 Å². The number of hydrogen-bond acceptors (Lipinski definition) is 4. The number of carbonyl (C=O) groups is 3. The van der Waals surface area contributed by atoms with Crippen molar-refractivity contribution in [1.29, 1.82) is 0 Å². The van der Waals surface area contributed by atoms with Gasteiger partial charge in [0, 0.05) is 20.0 Å². The van der Waals surface area contributed by atoms with E-state index in [-0.39, 0.29) is 12.3 Å². The Bertz CT molecular complexity index is 1220. The maximum absolute atomic E-state index is 13.9. The lowest BCUT2D eigenvalue weighted by molar-refractivity contribution is -0.140. The summed E-state index contributed by atoms with van der Waals surface area (Å²) in [6, 6.07) is 24.9. The number of nitrogens with zero attached hydrogens (tertiary/aromatic N) is 1. The third kappa shape index (κ3) is 8.99. The lowest BCUT2D eigenvalue weighted by Crippen LogP contribution is -2.52. The highest BCUT2D eigenvalue weighted by Crippen LogP contribution is 2.23. The van der Waals surface area contributed by atoms with Gasteiger partial charge in [0.05, 0.1) is 0 Å². The van der Waals surface area contributed by atoms with Crippen molar-refractivity contribution in [2.24, 2.45) is 0 Å². The molecule has 0 aliphatic heterocycles. The Balaban J connectivity index is 1.90. The van der Waals surface area contributed by atoms with E-state index < -0.39 is 29.7 Å². The van der Waals surface area contributed by atoms with Gasteiger partial charge in [0.25, 0.3) is 0 Å². The monoisotopic (exact) mass is 529 g/mol. The second-order valence-corrected chi connectivity index (χ2v) is 10.5. The minimum Gasteiger partial charge on any atom is -0.444 e. The molecule has 0 saturated carbocycles. The molecule has 0 spiro atoms. The molecule has 3 rings (SSSR count). The predicted molar refractivity (Wildman–Crippen MR) is 153 cm³/mol. The summed E-state index contributed by atoms with van der Waals surface area (Å²) in [7, 11) is 1.59. The Labute approximate surface area is 231 Å². The number of likely N-dealkylation sites (N-methyl/N-ethyl adjacent to an activating group) is 1. The van der Waals surface area contributed by atoms with Crippen LogP contribution in [0.25, 0.3) is 0 Å². The van der Waals surface area contributed by atoms with Crippen LogP contribution in [0.15, 0.2) is 84.9 Å². The number of amides is 3. The van der Waals surface area contributed by atoms with E-state index in [1.807, 2.05) is 84.9 Å². The summed E-state index contributed by atoms with van der Waals surface area (Å²) >= 11 is 0. The van der Waals surface area contributed by atoms with Gasteiger partial charge in [-0.1, -0.05) is 91.9 Å². The predicted octanol–water partition coefficient (Wildman–Crippen LogP) is 5.20. The van der Waals surface area contributed by atoms with Gasteiger partial charge in [0.1, 0.15) is 17.7 Å². The second kappa shape index (κ2) is 13.6. The molecule has 206 valence electrons. The first kappa shape index (κ1) is 29.4. The molecule has 0 aliphatic carbocycles. The maximum atomic E-state index is 13.9. The van der Waals surface area contributed by atoms with Gasteiger partial charge >= 0.3 is 6.09 Å². The largest absolute Gasteiger partial charge is 0.444 e. The van der Waals surface area contributed by atoms with Gasteiger partial charge in [-0.3, -0.25) is 9.59 Å². The minimum absolute atomic E-state index is 0.246. The molecule has 0 heterocycles. The zero-order valence-electron chi connectivity index (χ0n) is 23.4. The molecular formula is C32H39N3O4. The molecule has 0 aliphatic rings. The lowest BCUT2D eigenvalue weighted by atomic mass is 9.99. The van der Waals surface area contributed by atoms with Crippen LogP contribution in [0.3, 0.4) is 0 Å². The molecule has 3 aromatic rings. The second-order valence-electron chi connectivity index (χ2n) is 10.5. The summed E-state index contributed by atoms with van der Waals surface area (Å²) in [4.78, 5) is 41.6. The van der Waals surface area contributed by atoms with Gasteiger partial charge in [0.2, 0.25) is 11.8 Å². The van der Waals surface area contributed by atoms with Gasteiger partial charge in [-0.2, -0.15) is 0 Å².